The van der Waals surface area contributed by atoms with Crippen LogP contribution in [0.5, 0.6) is 0 Å². The summed E-state index contributed by atoms with van der Waals surface area (Å²) in [6.07, 6.45) is 3.73. The van der Waals surface area contributed by atoms with E-state index in [9.17, 15) is 0 Å². The van der Waals surface area contributed by atoms with Crippen molar-refractivity contribution in [3.63, 3.8) is 0 Å². The predicted molar refractivity (Wildman–Crippen MR) is 66.6 cm³/mol. The van der Waals surface area contributed by atoms with Gasteiger partial charge in [-0.05, 0) is 24.3 Å². The second-order valence-corrected chi connectivity index (χ2v) is 4.61. The molecule has 0 saturated heterocycles. The molecule has 0 amide bonds. The lowest BCUT2D eigenvalue weighted by molar-refractivity contribution is 0.352. The Morgan fingerprint density at radius 2 is 1.93 bits per heavy atom. The first-order valence-electron chi connectivity index (χ1n) is 5.54. The Morgan fingerprint density at radius 1 is 1.33 bits per heavy atom. The van der Waals surface area contributed by atoms with Crippen LogP contribution in [0.1, 0.15) is 32.3 Å². The molecular weight excluding hydrogens is 182 g/mol. The first-order chi connectivity index (χ1) is 7.08. The molecule has 0 saturated carbocycles. The molecule has 0 spiro atoms. The highest BCUT2D eigenvalue weighted by molar-refractivity contribution is 5.24. The van der Waals surface area contributed by atoms with E-state index < -0.39 is 0 Å². The minimum Gasteiger partial charge on any atom is -0.321 e. The summed E-state index contributed by atoms with van der Waals surface area (Å²) in [6, 6.07) is 10.3. The van der Waals surface area contributed by atoms with Gasteiger partial charge in [-0.3, -0.25) is 0 Å². The van der Waals surface area contributed by atoms with Crippen LogP contribution in [-0.2, 0) is 5.54 Å². The van der Waals surface area contributed by atoms with Crippen LogP contribution < -0.4 is 5.73 Å². The van der Waals surface area contributed by atoms with Crippen LogP contribution in [0.4, 0.5) is 0 Å². The maximum atomic E-state index is 6.46. The van der Waals surface area contributed by atoms with Gasteiger partial charge >= 0.3 is 0 Å². The third-order valence-corrected chi connectivity index (χ3v) is 2.63. The summed E-state index contributed by atoms with van der Waals surface area (Å²) < 4.78 is 0. The van der Waals surface area contributed by atoms with Crippen molar-refractivity contribution in [2.45, 2.75) is 32.2 Å². The van der Waals surface area contributed by atoms with Gasteiger partial charge in [0.2, 0.25) is 0 Å². The van der Waals surface area contributed by atoms with Crippen molar-refractivity contribution < 1.29 is 0 Å². The predicted octanol–water partition coefficient (Wildman–Crippen LogP) is 3.46. The van der Waals surface area contributed by atoms with Gasteiger partial charge < -0.3 is 5.73 Å². The van der Waals surface area contributed by atoms with Crippen LogP contribution in [0.25, 0.3) is 0 Å². The number of nitrogens with two attached hydrogens (primary N) is 1. The lowest BCUT2D eigenvalue weighted by Crippen LogP contribution is -2.37. The van der Waals surface area contributed by atoms with E-state index in [4.69, 9.17) is 5.73 Å². The summed E-state index contributed by atoms with van der Waals surface area (Å²) in [5.74, 6) is 0.593. The molecule has 1 rings (SSSR count). The molecule has 0 fully saturated rings. The largest absolute Gasteiger partial charge is 0.321 e. The topological polar surface area (TPSA) is 26.0 Å². The van der Waals surface area contributed by atoms with Crippen molar-refractivity contribution in [2.75, 3.05) is 0 Å². The summed E-state index contributed by atoms with van der Waals surface area (Å²) in [5, 5.41) is 0. The van der Waals surface area contributed by atoms with E-state index in [2.05, 4.69) is 32.6 Å². The van der Waals surface area contributed by atoms with Gasteiger partial charge in [-0.2, -0.15) is 0 Å². The molecule has 82 valence electrons. The van der Waals surface area contributed by atoms with E-state index in [1.54, 1.807) is 0 Å². The molecule has 0 aromatic heterocycles. The fourth-order valence-corrected chi connectivity index (χ4v) is 2.08. The fourth-order valence-electron chi connectivity index (χ4n) is 2.08. The normalized spacial score (nSPS) is 14.9. The number of benzene rings is 1. The van der Waals surface area contributed by atoms with Crippen molar-refractivity contribution in [3.8, 4) is 0 Å². The van der Waals surface area contributed by atoms with E-state index in [0.717, 1.165) is 12.8 Å². The van der Waals surface area contributed by atoms with E-state index in [1.807, 2.05) is 24.3 Å². The molecule has 0 heterocycles. The molecule has 0 aliphatic heterocycles. The minimum absolute atomic E-state index is 0.253. The van der Waals surface area contributed by atoms with Crippen LogP contribution in [0.3, 0.4) is 0 Å². The lowest BCUT2D eigenvalue weighted by atomic mass is 9.81. The maximum Gasteiger partial charge on any atom is 0.0446 e. The lowest BCUT2D eigenvalue weighted by Gasteiger charge is -2.30. The average molecular weight is 203 g/mol. The van der Waals surface area contributed by atoms with Crippen LogP contribution in [-0.4, -0.2) is 0 Å². The van der Waals surface area contributed by atoms with Gasteiger partial charge in [0, 0.05) is 5.54 Å². The second-order valence-electron chi connectivity index (χ2n) is 4.61. The molecule has 1 unspecified atom stereocenters. The van der Waals surface area contributed by atoms with Gasteiger partial charge in [-0.25, -0.2) is 0 Å². The maximum absolute atomic E-state index is 6.46. The summed E-state index contributed by atoms with van der Waals surface area (Å²) in [6.45, 7) is 8.20. The van der Waals surface area contributed by atoms with E-state index >= 15 is 0 Å². The molecule has 0 radical (unpaired) electrons. The van der Waals surface area contributed by atoms with Crippen molar-refractivity contribution in [2.24, 2.45) is 11.7 Å². The Morgan fingerprint density at radius 3 is 2.40 bits per heavy atom. The van der Waals surface area contributed by atoms with E-state index in [1.165, 1.54) is 5.56 Å². The molecule has 0 aliphatic rings. The molecule has 0 bridgehead atoms. The highest BCUT2D eigenvalue weighted by atomic mass is 14.7. The first kappa shape index (κ1) is 12.0. The van der Waals surface area contributed by atoms with Crippen LogP contribution in [0.2, 0.25) is 0 Å². The second kappa shape index (κ2) is 5.13. The summed E-state index contributed by atoms with van der Waals surface area (Å²) in [4.78, 5) is 0. The van der Waals surface area contributed by atoms with E-state index in [0.29, 0.717) is 5.92 Å². The quantitative estimate of drug-likeness (QED) is 0.729. The smallest absolute Gasteiger partial charge is 0.0446 e. The van der Waals surface area contributed by atoms with Crippen LogP contribution >= 0.6 is 0 Å². The zero-order valence-corrected chi connectivity index (χ0v) is 9.74. The molecule has 1 aromatic carbocycles. The van der Waals surface area contributed by atoms with Gasteiger partial charge in [0.25, 0.3) is 0 Å². The van der Waals surface area contributed by atoms with Crippen molar-refractivity contribution in [1.82, 2.24) is 0 Å². The molecular formula is C14H21N. The third kappa shape index (κ3) is 3.21. The molecule has 1 nitrogen and oxygen atoms in total. The molecule has 2 N–H and O–H groups in total. The van der Waals surface area contributed by atoms with Crippen molar-refractivity contribution >= 4 is 0 Å². The molecule has 15 heavy (non-hydrogen) atoms. The Bertz CT molecular complexity index is 302. The fraction of sp³-hybridized carbons (Fsp3) is 0.429. The highest BCUT2D eigenvalue weighted by Gasteiger charge is 2.26. The number of hydrogen-bond acceptors (Lipinski definition) is 1. The summed E-state index contributed by atoms with van der Waals surface area (Å²) in [5.41, 5.74) is 7.41. The van der Waals surface area contributed by atoms with Crippen LogP contribution in [0, 0.1) is 5.92 Å². The van der Waals surface area contributed by atoms with Gasteiger partial charge in [0.15, 0.2) is 0 Å². The minimum atomic E-state index is -0.253. The Hall–Kier alpha value is -1.08. The van der Waals surface area contributed by atoms with Crippen LogP contribution in [0.15, 0.2) is 43.0 Å². The molecule has 1 aromatic rings. The summed E-state index contributed by atoms with van der Waals surface area (Å²) >= 11 is 0. The van der Waals surface area contributed by atoms with Crippen molar-refractivity contribution in [3.05, 3.63) is 48.6 Å². The average Bonchev–Trinajstić information content (AvgIpc) is 2.18. The number of hydrogen-bond donors (Lipinski definition) is 1. The Labute approximate surface area is 93.0 Å². The van der Waals surface area contributed by atoms with E-state index in [-0.39, 0.29) is 5.54 Å². The SMILES string of the molecule is C=CCC(N)(CC(C)C)c1ccccc1. The van der Waals surface area contributed by atoms with Gasteiger partial charge in [-0.15, -0.1) is 6.58 Å². The van der Waals surface area contributed by atoms with Gasteiger partial charge in [0.1, 0.15) is 0 Å². The van der Waals surface area contributed by atoms with Gasteiger partial charge in [-0.1, -0.05) is 50.3 Å². The van der Waals surface area contributed by atoms with Crippen molar-refractivity contribution in [1.29, 1.82) is 0 Å². The zero-order chi connectivity index (χ0) is 11.3. The summed E-state index contributed by atoms with van der Waals surface area (Å²) in [7, 11) is 0. The Balaban J connectivity index is 2.95. The monoisotopic (exact) mass is 203 g/mol. The molecule has 1 atom stereocenters. The standard InChI is InChI=1S/C14H21N/c1-4-10-14(15,11-12(2)3)13-8-6-5-7-9-13/h4-9,12H,1,10-11,15H2,2-3H3. The first-order valence-corrected chi connectivity index (χ1v) is 5.54. The highest BCUT2D eigenvalue weighted by Crippen LogP contribution is 2.29. The van der Waals surface area contributed by atoms with Gasteiger partial charge in [0.05, 0.1) is 0 Å². The molecule has 1 heteroatoms. The Kier molecular flexibility index (Phi) is 4.10. The number of rotatable bonds is 5. The third-order valence-electron chi connectivity index (χ3n) is 2.63. The zero-order valence-electron chi connectivity index (χ0n) is 9.74. The molecule has 0 aliphatic carbocycles.